The Labute approximate surface area is 171 Å². The van der Waals surface area contributed by atoms with Crippen molar-refractivity contribution in [2.45, 2.75) is 40.0 Å². The lowest BCUT2D eigenvalue weighted by molar-refractivity contribution is 0.0693. The molecule has 1 heterocycles. The highest BCUT2D eigenvalue weighted by molar-refractivity contribution is 5.91. The molecule has 2 aromatic carbocycles. The largest absolute Gasteiger partial charge is 0.507 e. The lowest BCUT2D eigenvalue weighted by atomic mass is 9.72. The first-order valence-electron chi connectivity index (χ1n) is 10.1. The number of hydrogen-bond acceptors (Lipinski definition) is 2. The van der Waals surface area contributed by atoms with Gasteiger partial charge < -0.3 is 14.8 Å². The van der Waals surface area contributed by atoms with Crippen molar-refractivity contribution in [2.24, 2.45) is 11.3 Å². The molecule has 4 heteroatoms. The minimum atomic E-state index is -1.13. The molecule has 0 saturated heterocycles. The summed E-state index contributed by atoms with van der Waals surface area (Å²) in [6, 6.07) is 17.3. The second-order valence-electron chi connectivity index (χ2n) is 9.02. The number of aromatic carboxylic acids is 1. The van der Waals surface area contributed by atoms with Crippen molar-refractivity contribution in [3.05, 3.63) is 71.4 Å². The van der Waals surface area contributed by atoms with Crippen molar-refractivity contribution in [1.29, 1.82) is 0 Å². The molecule has 150 valence electrons. The molecule has 0 radical (unpaired) electrons. The monoisotopic (exact) mass is 389 g/mol. The maximum Gasteiger partial charge on any atom is 0.339 e. The van der Waals surface area contributed by atoms with Crippen LogP contribution in [0.1, 0.15) is 48.8 Å². The van der Waals surface area contributed by atoms with Gasteiger partial charge >= 0.3 is 5.97 Å². The van der Waals surface area contributed by atoms with Gasteiger partial charge in [-0.1, -0.05) is 51.1 Å². The van der Waals surface area contributed by atoms with Crippen LogP contribution in [0.15, 0.2) is 54.6 Å². The Balaban J connectivity index is 1.91. The zero-order valence-corrected chi connectivity index (χ0v) is 17.1. The quantitative estimate of drug-likeness (QED) is 0.604. The smallest absolute Gasteiger partial charge is 0.339 e. The van der Waals surface area contributed by atoms with E-state index in [0.717, 1.165) is 36.2 Å². The van der Waals surface area contributed by atoms with Crippen LogP contribution in [0.25, 0.3) is 16.9 Å². The zero-order chi connectivity index (χ0) is 20.8. The SMILES string of the molecule is CC(C)(C)C1CCc2c(cc(-c3ccccc3)n2-c2ccc(O)c(C(=O)O)c2)C1. The van der Waals surface area contributed by atoms with E-state index in [1.165, 1.54) is 17.3 Å². The van der Waals surface area contributed by atoms with E-state index in [1.807, 2.05) is 18.2 Å². The summed E-state index contributed by atoms with van der Waals surface area (Å²) in [7, 11) is 0. The van der Waals surface area contributed by atoms with Crippen LogP contribution in [0.4, 0.5) is 0 Å². The van der Waals surface area contributed by atoms with Crippen LogP contribution in [0.5, 0.6) is 5.75 Å². The lowest BCUT2D eigenvalue weighted by Gasteiger charge is -2.34. The van der Waals surface area contributed by atoms with Gasteiger partial charge in [0.15, 0.2) is 0 Å². The Morgan fingerprint density at radius 3 is 2.45 bits per heavy atom. The predicted octanol–water partition coefficient (Wildman–Crippen LogP) is 5.70. The number of hydrogen-bond donors (Lipinski definition) is 2. The van der Waals surface area contributed by atoms with Crippen molar-refractivity contribution in [3.8, 4) is 22.7 Å². The molecule has 0 aliphatic heterocycles. The number of rotatable bonds is 3. The Morgan fingerprint density at radius 2 is 1.79 bits per heavy atom. The van der Waals surface area contributed by atoms with E-state index in [4.69, 9.17) is 0 Å². The number of carboxylic acid groups (broad SMARTS) is 1. The van der Waals surface area contributed by atoms with Crippen molar-refractivity contribution in [3.63, 3.8) is 0 Å². The van der Waals surface area contributed by atoms with Gasteiger partial charge in [-0.2, -0.15) is 0 Å². The Hall–Kier alpha value is -3.01. The Bertz CT molecular complexity index is 1060. The maximum absolute atomic E-state index is 11.6. The van der Waals surface area contributed by atoms with Crippen molar-refractivity contribution >= 4 is 5.97 Å². The number of phenols is 1. The van der Waals surface area contributed by atoms with Crippen molar-refractivity contribution in [2.75, 3.05) is 0 Å². The summed E-state index contributed by atoms with van der Waals surface area (Å²) >= 11 is 0. The van der Waals surface area contributed by atoms with Gasteiger partial charge in [0.2, 0.25) is 0 Å². The fraction of sp³-hybridized carbons (Fsp3) is 0.320. The van der Waals surface area contributed by atoms with Gasteiger partial charge in [0.1, 0.15) is 11.3 Å². The van der Waals surface area contributed by atoms with Gasteiger partial charge in [-0.25, -0.2) is 4.79 Å². The van der Waals surface area contributed by atoms with Crippen LogP contribution in [-0.4, -0.2) is 20.7 Å². The van der Waals surface area contributed by atoms with Gasteiger partial charge in [0.25, 0.3) is 0 Å². The molecule has 1 aromatic heterocycles. The van der Waals surface area contributed by atoms with E-state index in [1.54, 1.807) is 12.1 Å². The number of nitrogens with zero attached hydrogens (tertiary/aromatic N) is 1. The Kier molecular flexibility index (Phi) is 4.73. The first-order chi connectivity index (χ1) is 13.8. The minimum Gasteiger partial charge on any atom is -0.507 e. The van der Waals surface area contributed by atoms with Crippen molar-refractivity contribution in [1.82, 2.24) is 4.57 Å². The van der Waals surface area contributed by atoms with E-state index < -0.39 is 5.97 Å². The third kappa shape index (κ3) is 3.55. The number of carbonyl (C=O) groups is 1. The van der Waals surface area contributed by atoms with Crippen molar-refractivity contribution < 1.29 is 15.0 Å². The van der Waals surface area contributed by atoms with Gasteiger partial charge in [-0.15, -0.1) is 0 Å². The van der Waals surface area contributed by atoms with Crippen LogP contribution >= 0.6 is 0 Å². The van der Waals surface area contributed by atoms with E-state index >= 15 is 0 Å². The summed E-state index contributed by atoms with van der Waals surface area (Å²) in [5.41, 5.74) is 5.68. The molecular weight excluding hydrogens is 362 g/mol. The summed E-state index contributed by atoms with van der Waals surface area (Å²) in [4.78, 5) is 11.6. The number of benzene rings is 2. The fourth-order valence-corrected chi connectivity index (χ4v) is 4.42. The minimum absolute atomic E-state index is 0.0765. The number of fused-ring (bicyclic) bond motifs is 1. The highest BCUT2D eigenvalue weighted by Crippen LogP contribution is 2.41. The maximum atomic E-state index is 11.6. The first-order valence-corrected chi connectivity index (χ1v) is 10.1. The average Bonchev–Trinajstić information content (AvgIpc) is 3.07. The summed E-state index contributed by atoms with van der Waals surface area (Å²) in [6.45, 7) is 6.91. The normalized spacial score (nSPS) is 16.4. The van der Waals surface area contributed by atoms with Gasteiger partial charge in [-0.05, 0) is 66.0 Å². The topological polar surface area (TPSA) is 62.5 Å². The molecule has 2 N–H and O–H groups in total. The molecular formula is C25H27NO3. The summed E-state index contributed by atoms with van der Waals surface area (Å²) in [6.07, 6.45) is 3.08. The van der Waals surface area contributed by atoms with Crippen LogP contribution in [0.3, 0.4) is 0 Å². The molecule has 4 nitrogen and oxygen atoms in total. The molecule has 0 bridgehead atoms. The standard InChI is InChI=1S/C25H27NO3/c1-25(2,3)18-9-11-21-17(13-18)14-22(16-7-5-4-6-8-16)26(21)19-10-12-23(27)20(15-19)24(28)29/h4-8,10,12,14-15,18,27H,9,11,13H2,1-3H3,(H,28,29). The first kappa shape index (κ1) is 19.3. The summed E-state index contributed by atoms with van der Waals surface area (Å²) < 4.78 is 2.18. The third-order valence-electron chi connectivity index (χ3n) is 6.15. The predicted molar refractivity (Wildman–Crippen MR) is 115 cm³/mol. The van der Waals surface area contributed by atoms with E-state index in [0.29, 0.717) is 5.92 Å². The number of aromatic hydroxyl groups is 1. The summed E-state index contributed by atoms with van der Waals surface area (Å²) in [5, 5.41) is 19.4. The molecule has 1 unspecified atom stereocenters. The molecule has 3 aromatic rings. The molecule has 1 aliphatic rings. The lowest BCUT2D eigenvalue weighted by Crippen LogP contribution is -2.27. The molecule has 1 aliphatic carbocycles. The highest BCUT2D eigenvalue weighted by atomic mass is 16.4. The van der Waals surface area contributed by atoms with Gasteiger partial charge in [0.05, 0.1) is 5.69 Å². The van der Waals surface area contributed by atoms with Crippen LogP contribution in [-0.2, 0) is 12.8 Å². The molecule has 0 saturated carbocycles. The number of carboxylic acids is 1. The molecule has 1 atom stereocenters. The van der Waals surface area contributed by atoms with E-state index in [2.05, 4.69) is 43.5 Å². The van der Waals surface area contributed by atoms with E-state index in [-0.39, 0.29) is 16.7 Å². The molecule has 0 spiro atoms. The van der Waals surface area contributed by atoms with E-state index in [9.17, 15) is 15.0 Å². The highest BCUT2D eigenvalue weighted by Gasteiger charge is 2.31. The summed E-state index contributed by atoms with van der Waals surface area (Å²) in [5.74, 6) is -0.723. The second-order valence-corrected chi connectivity index (χ2v) is 9.02. The third-order valence-corrected chi connectivity index (χ3v) is 6.15. The number of aromatic nitrogens is 1. The molecule has 4 rings (SSSR count). The molecule has 0 fully saturated rings. The van der Waals surface area contributed by atoms with Gasteiger partial charge in [-0.3, -0.25) is 0 Å². The van der Waals surface area contributed by atoms with Gasteiger partial charge in [0, 0.05) is 11.4 Å². The second kappa shape index (κ2) is 7.11. The van der Waals surface area contributed by atoms with Crippen LogP contribution < -0.4 is 0 Å². The van der Waals surface area contributed by atoms with Crippen LogP contribution in [0, 0.1) is 11.3 Å². The Morgan fingerprint density at radius 1 is 1.07 bits per heavy atom. The van der Waals surface area contributed by atoms with Crippen LogP contribution in [0.2, 0.25) is 0 Å². The fourth-order valence-electron chi connectivity index (χ4n) is 4.42. The molecule has 0 amide bonds. The molecule has 29 heavy (non-hydrogen) atoms. The zero-order valence-electron chi connectivity index (χ0n) is 17.1. The average molecular weight is 389 g/mol.